The Bertz CT molecular complexity index is 1810. The molecule has 2 amide bonds. The van der Waals surface area contributed by atoms with Crippen LogP contribution in [0.1, 0.15) is 33.7 Å². The molecule has 1 fully saturated rings. The van der Waals surface area contributed by atoms with E-state index >= 15 is 0 Å². The maximum atomic E-state index is 14.4. The largest absolute Gasteiger partial charge is 0.291 e. The maximum Gasteiger partial charge on any atom is 0.239 e. The van der Waals surface area contributed by atoms with Crippen molar-refractivity contribution in [3.05, 3.63) is 149 Å². The molecule has 0 radical (unpaired) electrons. The Labute approximate surface area is 232 Å². The second-order valence-electron chi connectivity index (χ2n) is 11.0. The van der Waals surface area contributed by atoms with Crippen molar-refractivity contribution in [2.45, 2.75) is 17.9 Å². The van der Waals surface area contributed by atoms with Crippen molar-refractivity contribution >= 4 is 34.5 Å². The highest BCUT2D eigenvalue weighted by atomic mass is 16.2. The summed E-state index contributed by atoms with van der Waals surface area (Å²) >= 11 is 0. The first kappa shape index (κ1) is 23.1. The lowest BCUT2D eigenvalue weighted by Crippen LogP contribution is -2.54. The quantitative estimate of drug-likeness (QED) is 0.197. The van der Waals surface area contributed by atoms with Crippen molar-refractivity contribution < 1.29 is 9.59 Å². The molecule has 1 saturated heterocycles. The molecular formula is C36H26N2O2. The average Bonchev–Trinajstić information content (AvgIpc) is 3.28. The molecular weight excluding hydrogens is 492 g/mol. The van der Waals surface area contributed by atoms with Crippen molar-refractivity contribution in [3.8, 4) is 0 Å². The fourth-order valence-electron chi connectivity index (χ4n) is 7.60. The number of para-hydroxylation sites is 1. The summed E-state index contributed by atoms with van der Waals surface area (Å²) in [6.45, 7) is 0.485. The summed E-state index contributed by atoms with van der Waals surface area (Å²) in [5.41, 5.74) is 5.32. The maximum absolute atomic E-state index is 14.4. The molecule has 4 nitrogen and oxygen atoms in total. The van der Waals surface area contributed by atoms with Gasteiger partial charge in [-0.25, -0.2) is 4.90 Å². The Kier molecular flexibility index (Phi) is 4.96. The fraction of sp³-hybridized carbons (Fsp3) is 0.139. The molecule has 1 heterocycles. The topological polar surface area (TPSA) is 49.7 Å². The van der Waals surface area contributed by atoms with E-state index in [1.165, 1.54) is 15.7 Å². The summed E-state index contributed by atoms with van der Waals surface area (Å²) in [4.78, 5) is 35.1. The van der Waals surface area contributed by atoms with Crippen molar-refractivity contribution in [2.24, 2.45) is 16.8 Å². The highest BCUT2D eigenvalue weighted by molar-refractivity contribution is 6.25. The molecule has 5 aromatic rings. The van der Waals surface area contributed by atoms with Gasteiger partial charge in [0.25, 0.3) is 0 Å². The number of rotatable bonds is 4. The molecule has 0 aromatic heterocycles. The van der Waals surface area contributed by atoms with Crippen LogP contribution in [-0.2, 0) is 21.5 Å². The summed E-state index contributed by atoms with van der Waals surface area (Å²) in [5.74, 6) is -1.49. The van der Waals surface area contributed by atoms with Crippen LogP contribution in [0.25, 0.3) is 10.8 Å². The second-order valence-corrected chi connectivity index (χ2v) is 11.0. The number of anilines is 1. The zero-order chi connectivity index (χ0) is 26.8. The lowest BCUT2D eigenvalue weighted by molar-refractivity contribution is -0.122. The molecule has 40 heavy (non-hydrogen) atoms. The van der Waals surface area contributed by atoms with E-state index < -0.39 is 17.3 Å². The molecule has 0 spiro atoms. The van der Waals surface area contributed by atoms with Gasteiger partial charge in [0, 0.05) is 12.1 Å². The first-order chi connectivity index (χ1) is 19.7. The van der Waals surface area contributed by atoms with Gasteiger partial charge in [0.15, 0.2) is 0 Å². The van der Waals surface area contributed by atoms with Crippen molar-refractivity contribution in [1.29, 1.82) is 0 Å². The monoisotopic (exact) mass is 518 g/mol. The number of benzene rings is 5. The third-order valence-electron chi connectivity index (χ3n) is 9.13. The highest BCUT2D eigenvalue weighted by Gasteiger charge is 2.67. The van der Waals surface area contributed by atoms with Gasteiger partial charge in [-0.1, -0.05) is 109 Å². The van der Waals surface area contributed by atoms with Gasteiger partial charge in [0.05, 0.1) is 29.5 Å². The number of hydrogen-bond acceptors (Lipinski definition) is 3. The van der Waals surface area contributed by atoms with Gasteiger partial charge in [0.2, 0.25) is 11.8 Å². The van der Waals surface area contributed by atoms with Crippen LogP contribution in [0.15, 0.2) is 126 Å². The zero-order valence-electron chi connectivity index (χ0n) is 21.8. The smallest absolute Gasteiger partial charge is 0.239 e. The summed E-state index contributed by atoms with van der Waals surface area (Å²) in [6, 6.07) is 40.6. The molecule has 192 valence electrons. The predicted molar refractivity (Wildman–Crippen MR) is 158 cm³/mol. The third kappa shape index (κ3) is 2.99. The number of carbonyl (C=O) groups is 2. The van der Waals surface area contributed by atoms with E-state index in [1.807, 2.05) is 66.9 Å². The summed E-state index contributed by atoms with van der Waals surface area (Å²) in [5, 5.41) is 2.35. The first-order valence-electron chi connectivity index (χ1n) is 13.8. The van der Waals surface area contributed by atoms with E-state index in [-0.39, 0.29) is 17.7 Å². The van der Waals surface area contributed by atoms with Crippen molar-refractivity contribution in [1.82, 2.24) is 0 Å². The molecule has 9 rings (SSSR count). The van der Waals surface area contributed by atoms with Gasteiger partial charge in [0.1, 0.15) is 0 Å². The Balaban J connectivity index is 1.34. The summed E-state index contributed by atoms with van der Waals surface area (Å²) in [6.07, 6.45) is 2.00. The minimum absolute atomic E-state index is 0.123. The standard InChI is InChI=1S/C36H26N2O2/c39-34-32-31-27-17-6-8-19-29(27)36(30-20-9-7-18-28(30)31,33(32)35(40)38(34)25-14-2-1-3-15-25)22-37-21-24-13-10-12-23-11-4-5-16-26(23)24/h1-20,22,31-33H,21H2/t31?,32-,33-,36?/m1/s1. The van der Waals surface area contributed by atoms with E-state index in [9.17, 15) is 9.59 Å². The number of aliphatic imine (C=N–C) groups is 1. The molecule has 0 unspecified atom stereocenters. The molecule has 5 aromatic carbocycles. The van der Waals surface area contributed by atoms with Crippen molar-refractivity contribution in [2.75, 3.05) is 4.90 Å². The first-order valence-corrected chi connectivity index (χ1v) is 13.8. The highest BCUT2D eigenvalue weighted by Crippen LogP contribution is 2.63. The Morgan fingerprint density at radius 1 is 0.675 bits per heavy atom. The number of carbonyl (C=O) groups excluding carboxylic acids is 2. The second kappa shape index (κ2) is 8.59. The minimum atomic E-state index is -0.840. The van der Waals surface area contributed by atoms with Crippen molar-refractivity contribution in [3.63, 3.8) is 0 Å². The summed E-state index contributed by atoms with van der Waals surface area (Å²) < 4.78 is 0. The molecule has 2 atom stereocenters. The van der Waals surface area contributed by atoms with E-state index in [0.717, 1.165) is 27.8 Å². The van der Waals surface area contributed by atoms with Gasteiger partial charge in [-0.3, -0.25) is 14.6 Å². The average molecular weight is 519 g/mol. The lowest BCUT2D eigenvalue weighted by Gasteiger charge is -2.52. The Morgan fingerprint density at radius 2 is 1.30 bits per heavy atom. The number of fused-ring (bicyclic) bond motifs is 1. The van der Waals surface area contributed by atoms with E-state index in [2.05, 4.69) is 60.7 Å². The summed E-state index contributed by atoms with van der Waals surface area (Å²) in [7, 11) is 0. The lowest BCUT2D eigenvalue weighted by atomic mass is 9.47. The van der Waals surface area contributed by atoms with Crippen LogP contribution >= 0.6 is 0 Å². The van der Waals surface area contributed by atoms with Crippen LogP contribution in [0.3, 0.4) is 0 Å². The third-order valence-corrected chi connectivity index (χ3v) is 9.13. The van der Waals surface area contributed by atoms with E-state index in [0.29, 0.717) is 12.2 Å². The predicted octanol–water partition coefficient (Wildman–Crippen LogP) is 6.66. The van der Waals surface area contributed by atoms with Gasteiger partial charge >= 0.3 is 0 Å². The Hall–Kier alpha value is -4.83. The van der Waals surface area contributed by atoms with Crippen LogP contribution < -0.4 is 4.90 Å². The van der Waals surface area contributed by atoms with Gasteiger partial charge in [-0.15, -0.1) is 0 Å². The number of hydrogen-bond donors (Lipinski definition) is 0. The van der Waals surface area contributed by atoms with Gasteiger partial charge in [-0.05, 0) is 50.7 Å². The van der Waals surface area contributed by atoms with Gasteiger partial charge in [-0.2, -0.15) is 0 Å². The molecule has 1 aliphatic heterocycles. The molecule has 0 saturated carbocycles. The Morgan fingerprint density at radius 3 is 2.05 bits per heavy atom. The zero-order valence-corrected chi connectivity index (χ0v) is 21.8. The number of nitrogens with zero attached hydrogens (tertiary/aromatic N) is 2. The molecule has 0 N–H and O–H groups in total. The van der Waals surface area contributed by atoms with Crippen LogP contribution in [0, 0.1) is 11.8 Å². The number of amides is 2. The van der Waals surface area contributed by atoms with Crippen LogP contribution in [0.2, 0.25) is 0 Å². The molecule has 2 bridgehead atoms. The molecule has 4 heteroatoms. The molecule has 4 aliphatic rings. The molecule has 3 aliphatic carbocycles. The normalized spacial score (nSPS) is 24.4. The van der Waals surface area contributed by atoms with Crippen LogP contribution in [0.5, 0.6) is 0 Å². The van der Waals surface area contributed by atoms with Crippen LogP contribution in [-0.4, -0.2) is 18.0 Å². The SMILES string of the molecule is O=C1[C@@H]2C3c4ccccc4C(C=NCc4cccc5ccccc45)(c4ccccc43)[C@H]2C(=O)N1c1ccccc1. The number of imide groups is 1. The fourth-order valence-corrected chi connectivity index (χ4v) is 7.60. The van der Waals surface area contributed by atoms with E-state index in [4.69, 9.17) is 4.99 Å². The van der Waals surface area contributed by atoms with Crippen LogP contribution in [0.4, 0.5) is 5.69 Å². The minimum Gasteiger partial charge on any atom is -0.291 e. The van der Waals surface area contributed by atoms with Gasteiger partial charge < -0.3 is 0 Å². The van der Waals surface area contributed by atoms with E-state index in [1.54, 1.807) is 0 Å².